The maximum atomic E-state index is 12.9. The first-order valence-corrected chi connectivity index (χ1v) is 9.08. The molecule has 2 amide bonds. The van der Waals surface area contributed by atoms with Gasteiger partial charge in [0.1, 0.15) is 11.5 Å². The minimum atomic E-state index is -0.907. The van der Waals surface area contributed by atoms with Crippen LogP contribution in [0, 0.1) is 0 Å². The second kappa shape index (κ2) is 7.40. The van der Waals surface area contributed by atoms with E-state index in [4.69, 9.17) is 26.8 Å². The Morgan fingerprint density at radius 3 is 2.57 bits per heavy atom. The lowest BCUT2D eigenvalue weighted by atomic mass is 10.1. The van der Waals surface area contributed by atoms with Crippen LogP contribution in [0.15, 0.2) is 60.7 Å². The number of ether oxygens (including phenoxy) is 2. The summed E-state index contributed by atoms with van der Waals surface area (Å²) in [6.45, 7) is -0.165. The van der Waals surface area contributed by atoms with Crippen molar-refractivity contribution >= 4 is 39.9 Å². The summed E-state index contributed by atoms with van der Waals surface area (Å²) < 4.78 is 11.4. The van der Waals surface area contributed by atoms with Gasteiger partial charge in [0.2, 0.25) is 0 Å². The molecule has 1 unspecified atom stereocenters. The molecule has 1 aliphatic heterocycles. The molecule has 0 radical (unpaired) electrons. The number of para-hydroxylation sites is 2. The number of nitrogens with two attached hydrogens (primary N) is 1. The van der Waals surface area contributed by atoms with Gasteiger partial charge >= 0.3 is 0 Å². The molecule has 3 aromatic carbocycles. The molecule has 1 heterocycles. The molecule has 0 aliphatic carbocycles. The van der Waals surface area contributed by atoms with Crippen LogP contribution in [0.4, 0.5) is 5.69 Å². The van der Waals surface area contributed by atoms with E-state index in [2.05, 4.69) is 0 Å². The maximum absolute atomic E-state index is 12.9. The summed E-state index contributed by atoms with van der Waals surface area (Å²) in [6, 6.07) is 18.0. The van der Waals surface area contributed by atoms with E-state index in [1.807, 2.05) is 24.3 Å². The molecule has 0 saturated carbocycles. The van der Waals surface area contributed by atoms with Gasteiger partial charge in [-0.25, -0.2) is 0 Å². The fourth-order valence-electron chi connectivity index (χ4n) is 3.20. The molecule has 0 aromatic heterocycles. The second-order valence-electron chi connectivity index (χ2n) is 6.36. The topological polar surface area (TPSA) is 81.9 Å². The predicted molar refractivity (Wildman–Crippen MR) is 107 cm³/mol. The van der Waals surface area contributed by atoms with Crippen LogP contribution in [-0.4, -0.2) is 31.1 Å². The fourth-order valence-corrected chi connectivity index (χ4v) is 3.42. The van der Waals surface area contributed by atoms with Crippen molar-refractivity contribution in [2.75, 3.05) is 18.1 Å². The first-order valence-electron chi connectivity index (χ1n) is 8.70. The lowest BCUT2D eigenvalue weighted by Gasteiger charge is -2.33. The fraction of sp³-hybridized carbons (Fsp3) is 0.143. The van der Waals surface area contributed by atoms with Crippen LogP contribution >= 0.6 is 11.6 Å². The molecule has 2 N–H and O–H groups in total. The van der Waals surface area contributed by atoms with Crippen LogP contribution in [0.5, 0.6) is 11.5 Å². The van der Waals surface area contributed by atoms with Gasteiger partial charge in [-0.3, -0.25) is 9.59 Å². The number of halogens is 1. The quantitative estimate of drug-likeness (QED) is 0.734. The summed E-state index contributed by atoms with van der Waals surface area (Å²) in [4.78, 5) is 25.9. The van der Waals surface area contributed by atoms with E-state index in [-0.39, 0.29) is 19.1 Å². The first kappa shape index (κ1) is 18.1. The third kappa shape index (κ3) is 3.34. The van der Waals surface area contributed by atoms with Crippen molar-refractivity contribution in [1.29, 1.82) is 0 Å². The van der Waals surface area contributed by atoms with Crippen LogP contribution in [0.25, 0.3) is 10.8 Å². The zero-order chi connectivity index (χ0) is 19.7. The molecule has 28 heavy (non-hydrogen) atoms. The van der Waals surface area contributed by atoms with Crippen molar-refractivity contribution in [3.8, 4) is 11.5 Å². The largest absolute Gasteiger partial charge is 0.483 e. The average Bonchev–Trinajstić information content (AvgIpc) is 2.72. The van der Waals surface area contributed by atoms with Gasteiger partial charge in [0.15, 0.2) is 12.7 Å². The van der Waals surface area contributed by atoms with Gasteiger partial charge in [-0.1, -0.05) is 48.0 Å². The van der Waals surface area contributed by atoms with E-state index in [0.29, 0.717) is 22.2 Å². The molecule has 0 spiro atoms. The summed E-state index contributed by atoms with van der Waals surface area (Å²) in [6.07, 6.45) is -0.907. The van der Waals surface area contributed by atoms with Crippen molar-refractivity contribution < 1.29 is 19.1 Å². The molecule has 142 valence electrons. The Hall–Kier alpha value is -3.25. The molecule has 4 rings (SSSR count). The van der Waals surface area contributed by atoms with E-state index in [9.17, 15) is 9.59 Å². The smallest absolute Gasteiger partial charge is 0.265 e. The highest BCUT2D eigenvalue weighted by molar-refractivity contribution is 6.35. The Morgan fingerprint density at radius 2 is 1.79 bits per heavy atom. The number of amides is 2. The number of carbonyl (C=O) groups is 2. The number of primary amides is 1. The molecular formula is C21H17ClN2O4. The van der Waals surface area contributed by atoms with Gasteiger partial charge in [-0.2, -0.15) is 0 Å². The minimum Gasteiger partial charge on any atom is -0.483 e. The summed E-state index contributed by atoms with van der Waals surface area (Å²) in [5.74, 6) is 0.0575. The molecular weight excluding hydrogens is 380 g/mol. The number of hydrogen-bond donors (Lipinski definition) is 1. The molecule has 0 bridgehead atoms. The standard InChI is InChI=1S/C21H17ClN2O4/c22-15-9-10-17(14-6-2-1-5-13(14)15)27-12-20(25)24-11-19(21(23)26)28-18-8-4-3-7-16(18)24/h1-10,19H,11-12H2,(H2,23,26). The monoisotopic (exact) mass is 396 g/mol. The van der Waals surface area contributed by atoms with Gasteiger partial charge in [-0.05, 0) is 24.3 Å². The van der Waals surface area contributed by atoms with Crippen molar-refractivity contribution in [2.24, 2.45) is 5.73 Å². The van der Waals surface area contributed by atoms with E-state index >= 15 is 0 Å². The van der Waals surface area contributed by atoms with Crippen LogP contribution in [0.2, 0.25) is 5.02 Å². The van der Waals surface area contributed by atoms with Gasteiger partial charge in [0.25, 0.3) is 11.8 Å². The highest BCUT2D eigenvalue weighted by atomic mass is 35.5. The summed E-state index contributed by atoms with van der Waals surface area (Å²) >= 11 is 6.23. The van der Waals surface area contributed by atoms with Crippen molar-refractivity contribution in [3.05, 3.63) is 65.7 Å². The van der Waals surface area contributed by atoms with Crippen LogP contribution in [-0.2, 0) is 9.59 Å². The number of fused-ring (bicyclic) bond motifs is 2. The number of hydrogen-bond acceptors (Lipinski definition) is 4. The summed E-state index contributed by atoms with van der Waals surface area (Å²) in [5, 5.41) is 2.28. The Morgan fingerprint density at radius 1 is 1.07 bits per heavy atom. The van der Waals surface area contributed by atoms with Crippen LogP contribution in [0.1, 0.15) is 0 Å². The highest BCUT2D eigenvalue weighted by Gasteiger charge is 2.32. The Labute approximate surface area is 166 Å². The van der Waals surface area contributed by atoms with Crippen molar-refractivity contribution in [2.45, 2.75) is 6.10 Å². The lowest BCUT2D eigenvalue weighted by Crippen LogP contribution is -2.50. The van der Waals surface area contributed by atoms with Gasteiger partial charge in [-0.15, -0.1) is 0 Å². The molecule has 6 nitrogen and oxygen atoms in total. The van der Waals surface area contributed by atoms with E-state index < -0.39 is 12.0 Å². The highest BCUT2D eigenvalue weighted by Crippen LogP contribution is 2.34. The Kier molecular flexibility index (Phi) is 4.79. The maximum Gasteiger partial charge on any atom is 0.265 e. The minimum absolute atomic E-state index is 0.0376. The summed E-state index contributed by atoms with van der Waals surface area (Å²) in [7, 11) is 0. The molecule has 0 saturated heterocycles. The van der Waals surface area contributed by atoms with Gasteiger partial charge in [0.05, 0.1) is 12.2 Å². The summed E-state index contributed by atoms with van der Waals surface area (Å²) in [5.41, 5.74) is 5.96. The first-order chi connectivity index (χ1) is 13.5. The normalized spacial score (nSPS) is 15.6. The second-order valence-corrected chi connectivity index (χ2v) is 6.77. The number of nitrogens with zero attached hydrogens (tertiary/aromatic N) is 1. The van der Waals surface area contributed by atoms with E-state index in [1.54, 1.807) is 36.4 Å². The van der Waals surface area contributed by atoms with E-state index in [1.165, 1.54) is 4.90 Å². The predicted octanol–water partition coefficient (Wildman–Crippen LogP) is 3.15. The molecule has 7 heteroatoms. The van der Waals surface area contributed by atoms with Gasteiger partial charge < -0.3 is 20.1 Å². The van der Waals surface area contributed by atoms with Crippen molar-refractivity contribution in [1.82, 2.24) is 0 Å². The number of anilines is 1. The van der Waals surface area contributed by atoms with Crippen molar-refractivity contribution in [3.63, 3.8) is 0 Å². The lowest BCUT2D eigenvalue weighted by molar-refractivity contribution is -0.125. The zero-order valence-corrected chi connectivity index (χ0v) is 15.6. The number of carbonyl (C=O) groups excluding carboxylic acids is 2. The molecule has 1 atom stereocenters. The van der Waals surface area contributed by atoms with Crippen LogP contribution in [0.3, 0.4) is 0 Å². The van der Waals surface area contributed by atoms with Gasteiger partial charge in [0, 0.05) is 15.8 Å². The molecule has 3 aromatic rings. The number of rotatable bonds is 4. The average molecular weight is 397 g/mol. The third-order valence-electron chi connectivity index (χ3n) is 4.57. The number of benzene rings is 3. The SMILES string of the molecule is NC(=O)C1CN(C(=O)COc2ccc(Cl)c3ccccc23)c2ccccc2O1. The third-order valence-corrected chi connectivity index (χ3v) is 4.90. The Bertz CT molecular complexity index is 1070. The van der Waals surface area contributed by atoms with E-state index in [0.717, 1.165) is 10.8 Å². The Balaban J connectivity index is 1.57. The zero-order valence-electron chi connectivity index (χ0n) is 14.8. The molecule has 0 fully saturated rings. The van der Waals surface area contributed by atoms with Crippen LogP contribution < -0.4 is 20.1 Å². The molecule has 1 aliphatic rings.